The number of phenolic OH excluding ortho intramolecular Hbond substituents is 4. The minimum atomic E-state index is -1.67. The summed E-state index contributed by atoms with van der Waals surface area (Å²) in [7, 11) is 0. The van der Waals surface area contributed by atoms with Crippen molar-refractivity contribution in [2.24, 2.45) is 5.92 Å². The summed E-state index contributed by atoms with van der Waals surface area (Å²) in [6, 6.07) is 5.53. The number of hydrogen-bond donors (Lipinski definition) is 8. The predicted octanol–water partition coefficient (Wildman–Crippen LogP) is 0.125. The van der Waals surface area contributed by atoms with Crippen LogP contribution < -0.4 is 10.2 Å². The van der Waals surface area contributed by atoms with Crippen LogP contribution in [0.4, 0.5) is 0 Å². The lowest BCUT2D eigenvalue weighted by molar-refractivity contribution is -0.157. The van der Waals surface area contributed by atoms with Crippen LogP contribution in [0.15, 0.2) is 39.5 Å². The van der Waals surface area contributed by atoms with Crippen LogP contribution in [0.3, 0.4) is 0 Å². The molecule has 176 valence electrons. The highest BCUT2D eigenvalue weighted by molar-refractivity contribution is 5.88. The van der Waals surface area contributed by atoms with Crippen molar-refractivity contribution >= 4 is 11.0 Å². The van der Waals surface area contributed by atoms with E-state index < -0.39 is 65.4 Å². The van der Waals surface area contributed by atoms with E-state index in [2.05, 4.69) is 0 Å². The molecule has 1 aromatic heterocycles. The molecule has 1 aliphatic carbocycles. The number of phenols is 4. The van der Waals surface area contributed by atoms with Gasteiger partial charge in [0.1, 0.15) is 40.8 Å². The molecule has 0 bridgehead atoms. The second kappa shape index (κ2) is 8.45. The molecule has 8 N–H and O–H groups in total. The second-order valence-electron chi connectivity index (χ2n) is 7.94. The Kier molecular flexibility index (Phi) is 5.80. The molecule has 4 rings (SSSR count). The van der Waals surface area contributed by atoms with Gasteiger partial charge in [0.25, 0.3) is 0 Å². The lowest BCUT2D eigenvalue weighted by Gasteiger charge is -2.39. The van der Waals surface area contributed by atoms with Crippen LogP contribution in [-0.2, 0) is 0 Å². The molecule has 0 radical (unpaired) electrons. The summed E-state index contributed by atoms with van der Waals surface area (Å²) in [6.45, 7) is -0.518. The van der Waals surface area contributed by atoms with Crippen molar-refractivity contribution in [3.8, 4) is 40.1 Å². The Labute approximate surface area is 185 Å². The fourth-order valence-electron chi connectivity index (χ4n) is 3.96. The molecule has 0 aliphatic heterocycles. The molecule has 1 saturated carbocycles. The number of aromatic hydroxyl groups is 4. The molecular weight excluding hydrogens is 440 g/mol. The number of benzene rings is 2. The molecule has 1 fully saturated rings. The third kappa shape index (κ3) is 3.91. The van der Waals surface area contributed by atoms with E-state index in [1.54, 1.807) is 0 Å². The van der Waals surface area contributed by atoms with E-state index in [4.69, 9.17) is 9.15 Å². The van der Waals surface area contributed by atoms with Gasteiger partial charge in [0, 0.05) is 30.2 Å². The van der Waals surface area contributed by atoms with Crippen LogP contribution in [0, 0.1) is 5.92 Å². The molecule has 5 atom stereocenters. The molecule has 0 saturated heterocycles. The van der Waals surface area contributed by atoms with Gasteiger partial charge in [-0.25, -0.2) is 0 Å². The van der Waals surface area contributed by atoms with E-state index >= 15 is 0 Å². The normalized spacial score (nSPS) is 25.3. The van der Waals surface area contributed by atoms with E-state index in [1.807, 2.05) is 0 Å². The molecule has 2 aromatic carbocycles. The number of ether oxygens (including phenoxy) is 1. The second-order valence-corrected chi connectivity index (χ2v) is 7.94. The van der Waals surface area contributed by atoms with Crippen molar-refractivity contribution < 1.29 is 50.0 Å². The van der Waals surface area contributed by atoms with Crippen LogP contribution in [0.25, 0.3) is 22.3 Å². The Hall–Kier alpha value is -3.51. The van der Waals surface area contributed by atoms with Crippen molar-refractivity contribution in [1.82, 2.24) is 0 Å². The molecule has 11 heteroatoms. The molecular formula is C22H22O11. The number of hydrogen-bond acceptors (Lipinski definition) is 11. The Morgan fingerprint density at radius 3 is 2.30 bits per heavy atom. The maximum Gasteiger partial charge on any atom is 0.239 e. The van der Waals surface area contributed by atoms with Crippen molar-refractivity contribution in [3.05, 3.63) is 40.6 Å². The Morgan fingerprint density at radius 2 is 1.64 bits per heavy atom. The van der Waals surface area contributed by atoms with E-state index in [-0.39, 0.29) is 34.5 Å². The summed E-state index contributed by atoms with van der Waals surface area (Å²) in [4.78, 5) is 13.3. The van der Waals surface area contributed by atoms with Crippen molar-refractivity contribution in [3.63, 3.8) is 0 Å². The summed E-state index contributed by atoms with van der Waals surface area (Å²) in [5, 5.41) is 79.3. The van der Waals surface area contributed by atoms with Gasteiger partial charge in [-0.2, -0.15) is 0 Å². The minimum absolute atomic E-state index is 0.0757. The van der Waals surface area contributed by atoms with Crippen molar-refractivity contribution in [2.45, 2.75) is 30.8 Å². The van der Waals surface area contributed by atoms with Gasteiger partial charge in [0.15, 0.2) is 17.3 Å². The highest BCUT2D eigenvalue weighted by Crippen LogP contribution is 2.39. The Balaban J connectivity index is 1.91. The van der Waals surface area contributed by atoms with E-state index in [1.165, 1.54) is 6.07 Å². The van der Waals surface area contributed by atoms with Gasteiger partial charge in [0.05, 0.1) is 6.10 Å². The van der Waals surface area contributed by atoms with Crippen LogP contribution in [0.5, 0.6) is 28.7 Å². The largest absolute Gasteiger partial charge is 0.508 e. The molecule has 0 unspecified atom stereocenters. The van der Waals surface area contributed by atoms with Gasteiger partial charge < -0.3 is 50.0 Å². The standard InChI is InChI=1S/C22H22O11/c23-7-9-4-15(18(29)20(31)17(9)28)33-22-19(30)16-13(27)5-10(24)6-14(16)32-21(22)8-1-2-11(25)12(26)3-8/h1-3,5-6,9,15,17-18,20,23-29,31H,4,7H2/t9-,15-,17+,18+,20+/m1/s1. The first kappa shape index (κ1) is 22.7. The lowest BCUT2D eigenvalue weighted by atomic mass is 9.81. The molecule has 0 spiro atoms. The predicted molar refractivity (Wildman–Crippen MR) is 112 cm³/mol. The highest BCUT2D eigenvalue weighted by Gasteiger charge is 2.44. The first-order chi connectivity index (χ1) is 15.6. The monoisotopic (exact) mass is 462 g/mol. The van der Waals surface area contributed by atoms with E-state index in [0.29, 0.717) is 0 Å². The minimum Gasteiger partial charge on any atom is -0.508 e. The fourth-order valence-corrected chi connectivity index (χ4v) is 3.96. The maximum atomic E-state index is 13.3. The van der Waals surface area contributed by atoms with Gasteiger partial charge in [-0.1, -0.05) is 0 Å². The number of aliphatic hydroxyl groups is 4. The summed E-state index contributed by atoms with van der Waals surface area (Å²) in [5.74, 6) is -3.58. The summed E-state index contributed by atoms with van der Waals surface area (Å²) in [5.41, 5.74) is -1.02. The van der Waals surface area contributed by atoms with E-state index in [9.17, 15) is 45.6 Å². The zero-order valence-electron chi connectivity index (χ0n) is 17.0. The summed E-state index contributed by atoms with van der Waals surface area (Å²) < 4.78 is 11.5. The lowest BCUT2D eigenvalue weighted by Crippen LogP contribution is -2.56. The SMILES string of the molecule is O=c1c(O[C@@H]2C[C@H](CO)[C@H](O)[C@H](O)[C@H]2O)c(-c2ccc(O)c(O)c2)oc2cc(O)cc(O)c12. The molecule has 11 nitrogen and oxygen atoms in total. The molecule has 3 aromatic rings. The first-order valence-corrected chi connectivity index (χ1v) is 9.99. The highest BCUT2D eigenvalue weighted by atomic mass is 16.5. The van der Waals surface area contributed by atoms with Gasteiger partial charge in [0.2, 0.25) is 11.2 Å². The molecule has 0 amide bonds. The maximum absolute atomic E-state index is 13.3. The Bertz CT molecular complexity index is 1250. The van der Waals surface area contributed by atoms with Crippen molar-refractivity contribution in [1.29, 1.82) is 0 Å². The van der Waals surface area contributed by atoms with E-state index in [0.717, 1.165) is 24.3 Å². The average molecular weight is 462 g/mol. The van der Waals surface area contributed by atoms with Crippen molar-refractivity contribution in [2.75, 3.05) is 6.61 Å². The van der Waals surface area contributed by atoms with Gasteiger partial charge in [-0.3, -0.25) is 4.79 Å². The van der Waals surface area contributed by atoms with Crippen LogP contribution >= 0.6 is 0 Å². The quantitative estimate of drug-likeness (QED) is 0.245. The van der Waals surface area contributed by atoms with Gasteiger partial charge in [-0.05, 0) is 24.6 Å². The van der Waals surface area contributed by atoms with Gasteiger partial charge >= 0.3 is 0 Å². The number of aliphatic hydroxyl groups excluding tert-OH is 4. The summed E-state index contributed by atoms with van der Waals surface area (Å²) in [6.07, 6.45) is -6.11. The fraction of sp³-hybridized carbons (Fsp3) is 0.318. The zero-order valence-corrected chi connectivity index (χ0v) is 17.0. The van der Waals surface area contributed by atoms with Crippen LogP contribution in [0.2, 0.25) is 0 Å². The average Bonchev–Trinajstić information content (AvgIpc) is 2.76. The number of fused-ring (bicyclic) bond motifs is 1. The topological polar surface area (TPSA) is 201 Å². The smallest absolute Gasteiger partial charge is 0.239 e. The molecule has 1 heterocycles. The number of rotatable bonds is 4. The first-order valence-electron chi connectivity index (χ1n) is 9.99. The van der Waals surface area contributed by atoms with Crippen LogP contribution in [-0.4, -0.2) is 71.9 Å². The summed E-state index contributed by atoms with van der Waals surface area (Å²) >= 11 is 0. The third-order valence-corrected chi connectivity index (χ3v) is 5.76. The van der Waals surface area contributed by atoms with Gasteiger partial charge in [-0.15, -0.1) is 0 Å². The molecule has 1 aliphatic rings. The van der Waals surface area contributed by atoms with Crippen LogP contribution in [0.1, 0.15) is 6.42 Å². The zero-order chi connectivity index (χ0) is 24.0. The third-order valence-electron chi connectivity index (χ3n) is 5.76. The Morgan fingerprint density at radius 1 is 0.909 bits per heavy atom. The molecule has 33 heavy (non-hydrogen) atoms.